The highest BCUT2D eigenvalue weighted by atomic mass is 14.2. The minimum absolute atomic E-state index is 0.350. The third kappa shape index (κ3) is 4.68. The molecule has 6 aromatic rings. The summed E-state index contributed by atoms with van der Waals surface area (Å²) in [5.41, 5.74) is 5.56. The van der Waals surface area contributed by atoms with Crippen LogP contribution < -0.4 is 0 Å². The quantitative estimate of drug-likeness (QED) is 0.221. The van der Waals surface area contributed by atoms with Crippen molar-refractivity contribution >= 4 is 21.5 Å². The molecule has 36 heavy (non-hydrogen) atoms. The second-order valence-electron chi connectivity index (χ2n) is 9.72. The fourth-order valence-electron chi connectivity index (χ4n) is 5.60. The molecule has 0 saturated carbocycles. The normalized spacial score (nSPS) is 13.0. The lowest BCUT2D eigenvalue weighted by Gasteiger charge is -2.24. The van der Waals surface area contributed by atoms with E-state index in [4.69, 9.17) is 0 Å². The van der Waals surface area contributed by atoms with Gasteiger partial charge in [-0.2, -0.15) is 0 Å². The first kappa shape index (κ1) is 22.3. The minimum atomic E-state index is 0.350. The van der Waals surface area contributed by atoms with Crippen molar-refractivity contribution in [1.82, 2.24) is 0 Å². The Morgan fingerprint density at radius 1 is 0.306 bits per heavy atom. The molecule has 0 heterocycles. The van der Waals surface area contributed by atoms with Crippen LogP contribution in [0.2, 0.25) is 0 Å². The standard InChI is InChI=1S/C36H30/c1-3-13-29(14-4-1)35(33-21-19-27-11-7-9-17-31(27)25-33)23-24-36(30-15-5-2-6-16-30)34-22-20-28-12-8-10-18-32(28)26-34/h1-22,25-26,35-36H,23-24H2. The third-order valence-electron chi connectivity index (χ3n) is 7.50. The van der Waals surface area contributed by atoms with Crippen LogP contribution in [0.4, 0.5) is 0 Å². The molecule has 0 saturated heterocycles. The van der Waals surface area contributed by atoms with Gasteiger partial charge in [-0.15, -0.1) is 0 Å². The van der Waals surface area contributed by atoms with Gasteiger partial charge in [0.05, 0.1) is 0 Å². The van der Waals surface area contributed by atoms with Gasteiger partial charge in [-0.05, 0) is 56.6 Å². The topological polar surface area (TPSA) is 0 Å². The molecule has 0 bridgehead atoms. The third-order valence-corrected chi connectivity index (χ3v) is 7.50. The highest BCUT2D eigenvalue weighted by molar-refractivity contribution is 5.84. The maximum Gasteiger partial charge on any atom is 0.00898 e. The lowest BCUT2D eigenvalue weighted by Crippen LogP contribution is -2.07. The molecule has 0 aromatic heterocycles. The van der Waals surface area contributed by atoms with Crippen LogP contribution in [-0.4, -0.2) is 0 Å². The Labute approximate surface area is 213 Å². The van der Waals surface area contributed by atoms with Crippen molar-refractivity contribution in [2.75, 3.05) is 0 Å². The SMILES string of the molecule is c1ccc(C(CCC(c2ccccc2)c2ccc3ccccc3c2)c2ccc3ccccc3c2)cc1. The van der Waals surface area contributed by atoms with Crippen LogP contribution in [-0.2, 0) is 0 Å². The zero-order chi connectivity index (χ0) is 24.2. The molecule has 0 N–H and O–H groups in total. The molecule has 0 aliphatic rings. The van der Waals surface area contributed by atoms with Gasteiger partial charge in [0.2, 0.25) is 0 Å². The molecule has 0 amide bonds. The van der Waals surface area contributed by atoms with Crippen LogP contribution in [0.1, 0.15) is 46.9 Å². The molecule has 6 aromatic carbocycles. The van der Waals surface area contributed by atoms with E-state index in [0.29, 0.717) is 11.8 Å². The lowest BCUT2D eigenvalue weighted by atomic mass is 9.80. The van der Waals surface area contributed by atoms with Gasteiger partial charge in [0.15, 0.2) is 0 Å². The molecule has 2 unspecified atom stereocenters. The number of hydrogen-bond donors (Lipinski definition) is 0. The van der Waals surface area contributed by atoms with E-state index in [1.807, 2.05) is 0 Å². The molecule has 2 atom stereocenters. The Hall–Kier alpha value is -4.16. The van der Waals surface area contributed by atoms with Crippen molar-refractivity contribution in [2.24, 2.45) is 0 Å². The molecular formula is C36H30. The first-order valence-corrected chi connectivity index (χ1v) is 12.9. The van der Waals surface area contributed by atoms with Crippen LogP contribution in [0.25, 0.3) is 21.5 Å². The summed E-state index contributed by atoms with van der Waals surface area (Å²) in [5, 5.41) is 5.22. The van der Waals surface area contributed by atoms with Crippen molar-refractivity contribution < 1.29 is 0 Å². The van der Waals surface area contributed by atoms with E-state index in [0.717, 1.165) is 12.8 Å². The fourth-order valence-corrected chi connectivity index (χ4v) is 5.60. The van der Waals surface area contributed by atoms with Crippen molar-refractivity contribution in [3.05, 3.63) is 168 Å². The van der Waals surface area contributed by atoms with E-state index in [1.165, 1.54) is 43.8 Å². The Morgan fingerprint density at radius 3 is 1.08 bits per heavy atom. The molecule has 0 spiro atoms. The maximum atomic E-state index is 2.39. The average molecular weight is 463 g/mol. The van der Waals surface area contributed by atoms with Gasteiger partial charge >= 0.3 is 0 Å². The summed E-state index contributed by atoms with van der Waals surface area (Å²) in [5.74, 6) is 0.699. The van der Waals surface area contributed by atoms with Crippen molar-refractivity contribution in [2.45, 2.75) is 24.7 Å². The van der Waals surface area contributed by atoms with Gasteiger partial charge in [-0.3, -0.25) is 0 Å². The van der Waals surface area contributed by atoms with Crippen molar-refractivity contribution in [3.63, 3.8) is 0 Å². The molecule has 0 aliphatic carbocycles. The molecular weight excluding hydrogens is 432 g/mol. The number of hydrogen-bond acceptors (Lipinski definition) is 0. The summed E-state index contributed by atoms with van der Waals surface area (Å²) in [6.07, 6.45) is 2.16. The summed E-state index contributed by atoms with van der Waals surface area (Å²) < 4.78 is 0. The van der Waals surface area contributed by atoms with Crippen LogP contribution in [0.15, 0.2) is 146 Å². The minimum Gasteiger partial charge on any atom is -0.0622 e. The highest BCUT2D eigenvalue weighted by Crippen LogP contribution is 2.37. The second kappa shape index (κ2) is 10.2. The summed E-state index contributed by atoms with van der Waals surface area (Å²) in [6.45, 7) is 0. The van der Waals surface area contributed by atoms with Crippen LogP contribution in [0.3, 0.4) is 0 Å². The van der Waals surface area contributed by atoms with E-state index in [9.17, 15) is 0 Å². The molecule has 0 radical (unpaired) electrons. The monoisotopic (exact) mass is 462 g/mol. The van der Waals surface area contributed by atoms with Crippen LogP contribution >= 0.6 is 0 Å². The average Bonchev–Trinajstić information content (AvgIpc) is 2.96. The first-order valence-electron chi connectivity index (χ1n) is 12.9. The molecule has 0 heteroatoms. The van der Waals surface area contributed by atoms with Gasteiger partial charge < -0.3 is 0 Å². The predicted octanol–water partition coefficient (Wildman–Crippen LogP) is 9.74. The van der Waals surface area contributed by atoms with Gasteiger partial charge in [0, 0.05) is 11.8 Å². The van der Waals surface area contributed by atoms with E-state index in [-0.39, 0.29) is 0 Å². The van der Waals surface area contributed by atoms with Gasteiger partial charge in [0.1, 0.15) is 0 Å². The molecule has 0 nitrogen and oxygen atoms in total. The molecule has 0 aliphatic heterocycles. The summed E-state index contributed by atoms with van der Waals surface area (Å²) >= 11 is 0. The zero-order valence-corrected chi connectivity index (χ0v) is 20.4. The Morgan fingerprint density at radius 2 is 0.667 bits per heavy atom. The van der Waals surface area contributed by atoms with E-state index in [1.54, 1.807) is 0 Å². The number of benzene rings is 6. The lowest BCUT2D eigenvalue weighted by molar-refractivity contribution is 0.613. The summed E-state index contributed by atoms with van der Waals surface area (Å²) in [6, 6.07) is 53.4. The van der Waals surface area contributed by atoms with E-state index >= 15 is 0 Å². The number of rotatable bonds is 7. The summed E-state index contributed by atoms with van der Waals surface area (Å²) in [4.78, 5) is 0. The zero-order valence-electron chi connectivity index (χ0n) is 20.4. The van der Waals surface area contributed by atoms with Crippen molar-refractivity contribution in [3.8, 4) is 0 Å². The molecule has 6 rings (SSSR count). The Kier molecular flexibility index (Phi) is 6.33. The van der Waals surface area contributed by atoms with E-state index < -0.39 is 0 Å². The summed E-state index contributed by atoms with van der Waals surface area (Å²) in [7, 11) is 0. The predicted molar refractivity (Wildman–Crippen MR) is 154 cm³/mol. The van der Waals surface area contributed by atoms with Crippen LogP contribution in [0, 0.1) is 0 Å². The second-order valence-corrected chi connectivity index (χ2v) is 9.72. The largest absolute Gasteiger partial charge is 0.0622 e. The first-order chi connectivity index (χ1) is 17.8. The highest BCUT2D eigenvalue weighted by Gasteiger charge is 2.20. The van der Waals surface area contributed by atoms with Crippen LogP contribution in [0.5, 0.6) is 0 Å². The smallest absolute Gasteiger partial charge is 0.00898 e. The van der Waals surface area contributed by atoms with Gasteiger partial charge in [0.25, 0.3) is 0 Å². The van der Waals surface area contributed by atoms with E-state index in [2.05, 4.69) is 146 Å². The van der Waals surface area contributed by atoms with Gasteiger partial charge in [-0.1, -0.05) is 146 Å². The molecule has 0 fully saturated rings. The Bertz CT molecular complexity index is 1460. The van der Waals surface area contributed by atoms with Gasteiger partial charge in [-0.25, -0.2) is 0 Å². The maximum absolute atomic E-state index is 2.39. The molecule has 174 valence electrons. The Balaban J connectivity index is 1.38. The fraction of sp³-hybridized carbons (Fsp3) is 0.111. The number of fused-ring (bicyclic) bond motifs is 2. The van der Waals surface area contributed by atoms with Crippen molar-refractivity contribution in [1.29, 1.82) is 0 Å².